The van der Waals surface area contributed by atoms with E-state index >= 15 is 0 Å². The van der Waals surface area contributed by atoms with Crippen molar-refractivity contribution < 1.29 is 30.7 Å². The van der Waals surface area contributed by atoms with Crippen LogP contribution >= 0.6 is 0 Å². The second-order valence-corrected chi connectivity index (χ2v) is 7.04. The number of fused-ring (bicyclic) bond motifs is 1. The molecule has 2 aromatic rings. The molecule has 0 heterocycles. The van der Waals surface area contributed by atoms with E-state index in [4.69, 9.17) is 0 Å². The van der Waals surface area contributed by atoms with Crippen molar-refractivity contribution in [1.82, 2.24) is 0 Å². The minimum atomic E-state index is -5.10. The van der Waals surface area contributed by atoms with Gasteiger partial charge in [0, 0.05) is 10.9 Å². The highest BCUT2D eigenvalue weighted by atomic mass is 32.2. The first-order chi connectivity index (χ1) is 10.1. The molecular formula is C13H10O7S2. The summed E-state index contributed by atoms with van der Waals surface area (Å²) in [6, 6.07) is 6.73. The fraction of sp³-hybridized carbons (Fsp3) is 0. The van der Waals surface area contributed by atoms with Gasteiger partial charge in [-0.15, -0.1) is 0 Å². The van der Waals surface area contributed by atoms with Gasteiger partial charge in [0.1, 0.15) is 9.79 Å². The van der Waals surface area contributed by atoms with E-state index in [9.17, 15) is 30.7 Å². The molecular weight excluding hydrogens is 332 g/mol. The molecule has 0 unspecified atom stereocenters. The van der Waals surface area contributed by atoms with E-state index < -0.39 is 41.4 Å². The highest BCUT2D eigenvalue weighted by Gasteiger charge is 2.31. The molecule has 2 N–H and O–H groups in total. The van der Waals surface area contributed by atoms with Crippen LogP contribution in [0.1, 0.15) is 10.4 Å². The zero-order chi connectivity index (χ0) is 16.7. The van der Waals surface area contributed by atoms with Crippen LogP contribution < -0.4 is 0 Å². The molecule has 0 amide bonds. The lowest BCUT2D eigenvalue weighted by atomic mass is 10.0. The summed E-state index contributed by atoms with van der Waals surface area (Å²) in [4.78, 5) is 9.62. The van der Waals surface area contributed by atoms with Crippen molar-refractivity contribution in [2.75, 3.05) is 0 Å². The van der Waals surface area contributed by atoms with Crippen molar-refractivity contribution in [2.24, 2.45) is 0 Å². The smallest absolute Gasteiger partial charge is 0.289 e. The van der Waals surface area contributed by atoms with Crippen LogP contribution in [0.2, 0.25) is 0 Å². The van der Waals surface area contributed by atoms with Gasteiger partial charge >= 0.3 is 0 Å². The Balaban J connectivity index is 3.23. The van der Waals surface area contributed by atoms with Crippen LogP contribution in [0.4, 0.5) is 0 Å². The Morgan fingerprint density at radius 2 is 1.55 bits per heavy atom. The van der Waals surface area contributed by atoms with Gasteiger partial charge in [0.15, 0.2) is 5.78 Å². The van der Waals surface area contributed by atoms with Crippen molar-refractivity contribution in [3.63, 3.8) is 0 Å². The molecule has 0 radical (unpaired) electrons. The number of allylic oxidation sites excluding steroid dienone is 1. The average Bonchev–Trinajstić information content (AvgIpc) is 2.42. The molecule has 0 bridgehead atoms. The lowest BCUT2D eigenvalue weighted by Gasteiger charge is -2.12. The van der Waals surface area contributed by atoms with Crippen LogP contribution in [0.15, 0.2) is 52.8 Å². The SMILES string of the molecule is C=CC(=O)c1cc2ccccc2c(S(=O)(=O)O)c1S(=O)(=O)O. The van der Waals surface area contributed by atoms with E-state index in [0.29, 0.717) is 0 Å². The number of benzene rings is 2. The van der Waals surface area contributed by atoms with Gasteiger partial charge in [-0.3, -0.25) is 13.9 Å². The predicted molar refractivity (Wildman–Crippen MR) is 78.1 cm³/mol. The van der Waals surface area contributed by atoms with Crippen LogP contribution in [-0.4, -0.2) is 31.7 Å². The summed E-state index contributed by atoms with van der Waals surface area (Å²) in [5, 5.41) is 0.0611. The quantitative estimate of drug-likeness (QED) is 0.492. The molecule has 0 aromatic heterocycles. The summed E-state index contributed by atoms with van der Waals surface area (Å²) in [5.41, 5.74) is -0.594. The third-order valence-electron chi connectivity index (χ3n) is 2.92. The lowest BCUT2D eigenvalue weighted by molar-refractivity contribution is 0.104. The Hall–Kier alpha value is -2.07. The average molecular weight is 342 g/mol. The predicted octanol–water partition coefficient (Wildman–Crippen LogP) is 1.70. The lowest BCUT2D eigenvalue weighted by Crippen LogP contribution is -2.14. The van der Waals surface area contributed by atoms with Crippen LogP contribution in [0.5, 0.6) is 0 Å². The fourth-order valence-electron chi connectivity index (χ4n) is 2.10. The first-order valence-corrected chi connectivity index (χ1v) is 8.63. The third-order valence-corrected chi connectivity index (χ3v) is 4.93. The van der Waals surface area contributed by atoms with Gasteiger partial charge in [0.2, 0.25) is 0 Å². The number of carbonyl (C=O) groups is 1. The number of ketones is 1. The summed E-state index contributed by atoms with van der Waals surface area (Å²) in [5.74, 6) is -0.914. The zero-order valence-electron chi connectivity index (χ0n) is 10.9. The standard InChI is InChI=1S/C13H10O7S2/c1-2-11(14)10-7-8-5-3-4-6-9(8)12(21(15,16)17)13(10)22(18,19)20/h2-7H,1H2,(H,15,16,17)(H,18,19,20). The van der Waals surface area contributed by atoms with Gasteiger partial charge in [-0.25, -0.2) is 0 Å². The maximum atomic E-state index is 11.8. The first-order valence-electron chi connectivity index (χ1n) is 5.75. The Kier molecular flexibility index (Phi) is 3.92. The molecule has 0 saturated carbocycles. The third kappa shape index (κ3) is 2.79. The number of rotatable bonds is 4. The van der Waals surface area contributed by atoms with Crippen molar-refractivity contribution >= 4 is 36.8 Å². The first kappa shape index (κ1) is 16.3. The van der Waals surface area contributed by atoms with Crippen molar-refractivity contribution in [1.29, 1.82) is 0 Å². The minimum absolute atomic E-state index is 0.141. The van der Waals surface area contributed by atoms with E-state index in [1.54, 1.807) is 0 Å². The van der Waals surface area contributed by atoms with Gasteiger partial charge in [0.25, 0.3) is 20.2 Å². The monoisotopic (exact) mass is 342 g/mol. The van der Waals surface area contributed by atoms with Gasteiger partial charge in [-0.1, -0.05) is 30.8 Å². The zero-order valence-corrected chi connectivity index (χ0v) is 12.6. The molecule has 22 heavy (non-hydrogen) atoms. The van der Waals surface area contributed by atoms with Crippen LogP contribution in [-0.2, 0) is 20.2 Å². The Bertz CT molecular complexity index is 1000. The molecule has 0 aliphatic carbocycles. The summed E-state index contributed by atoms with van der Waals surface area (Å²) >= 11 is 0. The topological polar surface area (TPSA) is 126 Å². The van der Waals surface area contributed by atoms with Gasteiger partial charge in [0.05, 0.1) is 0 Å². The molecule has 0 aliphatic rings. The molecule has 0 aliphatic heterocycles. The van der Waals surface area contributed by atoms with E-state index in [-0.39, 0.29) is 10.8 Å². The van der Waals surface area contributed by atoms with E-state index in [1.165, 1.54) is 24.3 Å². The van der Waals surface area contributed by atoms with Crippen molar-refractivity contribution in [3.05, 3.63) is 48.6 Å². The molecule has 7 nitrogen and oxygen atoms in total. The molecule has 0 saturated heterocycles. The van der Waals surface area contributed by atoms with E-state index in [1.807, 2.05) is 0 Å². The highest BCUT2D eigenvalue weighted by molar-refractivity contribution is 7.89. The number of hydrogen-bond donors (Lipinski definition) is 2. The fourth-order valence-corrected chi connectivity index (χ4v) is 4.32. The molecule has 0 atom stereocenters. The Morgan fingerprint density at radius 3 is 2.05 bits per heavy atom. The Labute approximate surface area is 126 Å². The Morgan fingerprint density at radius 1 is 1.00 bits per heavy atom. The molecule has 2 aromatic carbocycles. The maximum Gasteiger partial charge on any atom is 0.296 e. The van der Waals surface area contributed by atoms with Crippen molar-refractivity contribution in [3.8, 4) is 0 Å². The molecule has 2 rings (SSSR count). The highest BCUT2D eigenvalue weighted by Crippen LogP contribution is 2.33. The van der Waals surface area contributed by atoms with Gasteiger partial charge in [-0.05, 0) is 17.5 Å². The van der Waals surface area contributed by atoms with Crippen LogP contribution in [0.3, 0.4) is 0 Å². The normalized spacial score (nSPS) is 12.3. The van der Waals surface area contributed by atoms with Crippen LogP contribution in [0.25, 0.3) is 10.8 Å². The molecule has 116 valence electrons. The maximum absolute atomic E-state index is 11.8. The van der Waals surface area contributed by atoms with Crippen LogP contribution in [0, 0.1) is 0 Å². The summed E-state index contributed by atoms with van der Waals surface area (Å²) in [6.45, 7) is 3.19. The molecule has 9 heteroatoms. The molecule has 0 spiro atoms. The van der Waals surface area contributed by atoms with E-state index in [2.05, 4.69) is 6.58 Å². The van der Waals surface area contributed by atoms with Gasteiger partial charge in [-0.2, -0.15) is 16.8 Å². The number of carbonyl (C=O) groups excluding carboxylic acids is 1. The largest absolute Gasteiger partial charge is 0.296 e. The second kappa shape index (κ2) is 5.29. The van der Waals surface area contributed by atoms with Gasteiger partial charge < -0.3 is 0 Å². The number of hydrogen-bond acceptors (Lipinski definition) is 5. The van der Waals surface area contributed by atoms with E-state index in [0.717, 1.165) is 12.1 Å². The molecule has 0 fully saturated rings. The second-order valence-electron chi connectivity index (χ2n) is 4.32. The summed E-state index contributed by atoms with van der Waals surface area (Å²) in [7, 11) is -10.1. The minimum Gasteiger partial charge on any atom is -0.289 e. The van der Waals surface area contributed by atoms with Crippen molar-refractivity contribution in [2.45, 2.75) is 9.79 Å². The summed E-state index contributed by atoms with van der Waals surface area (Å²) < 4.78 is 65.1. The summed E-state index contributed by atoms with van der Waals surface area (Å²) in [6.07, 6.45) is 0.770.